The SMILES string of the molecule is CCC(C)(C)c1nc(O)c(C(C)(C)CC)c(=O)[nH]1. The fourth-order valence-electron chi connectivity index (χ4n) is 1.74. The maximum atomic E-state index is 12.2. The third-order valence-corrected chi connectivity index (χ3v) is 3.99. The van der Waals surface area contributed by atoms with Crippen molar-refractivity contribution in [2.24, 2.45) is 0 Å². The molecule has 0 aliphatic heterocycles. The van der Waals surface area contributed by atoms with Crippen molar-refractivity contribution >= 4 is 0 Å². The molecule has 18 heavy (non-hydrogen) atoms. The third-order valence-electron chi connectivity index (χ3n) is 3.99. The standard InChI is InChI=1S/C14H24N2O2/c1-7-13(3,4)9-10(17)15-12(16-11(9)18)14(5,6)8-2/h7-8H2,1-6H3,(H2,15,16,17,18). The van der Waals surface area contributed by atoms with Crippen molar-refractivity contribution in [1.29, 1.82) is 0 Å². The van der Waals surface area contributed by atoms with E-state index in [9.17, 15) is 9.90 Å². The number of nitrogens with zero attached hydrogens (tertiary/aromatic N) is 1. The van der Waals surface area contributed by atoms with Gasteiger partial charge < -0.3 is 10.1 Å². The zero-order valence-electron chi connectivity index (χ0n) is 12.2. The Kier molecular flexibility index (Phi) is 3.89. The molecule has 0 aromatic carbocycles. The van der Waals surface area contributed by atoms with Gasteiger partial charge in [0, 0.05) is 10.8 Å². The van der Waals surface area contributed by atoms with Gasteiger partial charge in [0.05, 0.1) is 5.56 Å². The summed E-state index contributed by atoms with van der Waals surface area (Å²) in [4.78, 5) is 19.2. The zero-order chi connectivity index (χ0) is 14.1. The van der Waals surface area contributed by atoms with Crippen molar-refractivity contribution in [3.05, 3.63) is 21.7 Å². The van der Waals surface area contributed by atoms with E-state index in [0.29, 0.717) is 11.4 Å². The van der Waals surface area contributed by atoms with Crippen LogP contribution in [0.4, 0.5) is 0 Å². The Bertz CT molecular complexity index is 487. The van der Waals surface area contributed by atoms with E-state index < -0.39 is 0 Å². The molecule has 1 rings (SSSR count). The Labute approximate surface area is 108 Å². The molecule has 0 atom stereocenters. The maximum Gasteiger partial charge on any atom is 0.258 e. The summed E-state index contributed by atoms with van der Waals surface area (Å²) >= 11 is 0. The van der Waals surface area contributed by atoms with Crippen molar-refractivity contribution in [2.45, 2.75) is 65.2 Å². The van der Waals surface area contributed by atoms with Crippen LogP contribution in [0.15, 0.2) is 4.79 Å². The van der Waals surface area contributed by atoms with E-state index in [1.54, 1.807) is 0 Å². The van der Waals surface area contributed by atoms with Gasteiger partial charge in [-0.05, 0) is 12.8 Å². The molecule has 0 unspecified atom stereocenters. The smallest absolute Gasteiger partial charge is 0.258 e. The largest absolute Gasteiger partial charge is 0.493 e. The van der Waals surface area contributed by atoms with Crippen LogP contribution in [0.3, 0.4) is 0 Å². The van der Waals surface area contributed by atoms with E-state index in [4.69, 9.17) is 0 Å². The summed E-state index contributed by atoms with van der Waals surface area (Å²) in [5.41, 5.74) is -0.475. The minimum absolute atomic E-state index is 0.137. The molecule has 2 N–H and O–H groups in total. The fourth-order valence-corrected chi connectivity index (χ4v) is 1.74. The summed E-state index contributed by atoms with van der Waals surface area (Å²) in [6, 6.07) is 0. The van der Waals surface area contributed by atoms with Crippen LogP contribution in [-0.2, 0) is 10.8 Å². The van der Waals surface area contributed by atoms with E-state index in [2.05, 4.69) is 9.97 Å². The van der Waals surface area contributed by atoms with Crippen molar-refractivity contribution in [3.8, 4) is 5.88 Å². The Morgan fingerprint density at radius 3 is 2.00 bits per heavy atom. The predicted molar refractivity (Wildman–Crippen MR) is 73.2 cm³/mol. The molecule has 0 radical (unpaired) electrons. The van der Waals surface area contributed by atoms with Crippen LogP contribution >= 0.6 is 0 Å². The average molecular weight is 252 g/mol. The molecule has 0 saturated heterocycles. The molecule has 0 aliphatic carbocycles. The summed E-state index contributed by atoms with van der Waals surface area (Å²) in [5, 5.41) is 10.1. The van der Waals surface area contributed by atoms with Gasteiger partial charge in [0.1, 0.15) is 5.82 Å². The van der Waals surface area contributed by atoms with Gasteiger partial charge in [-0.25, -0.2) is 0 Å². The molecule has 102 valence electrons. The minimum atomic E-state index is -0.375. The summed E-state index contributed by atoms with van der Waals surface area (Å²) < 4.78 is 0. The first kappa shape index (κ1) is 14.7. The van der Waals surface area contributed by atoms with Crippen LogP contribution in [-0.4, -0.2) is 15.1 Å². The molecule has 0 saturated carbocycles. The predicted octanol–water partition coefficient (Wildman–Crippen LogP) is 2.85. The van der Waals surface area contributed by atoms with Gasteiger partial charge >= 0.3 is 0 Å². The quantitative estimate of drug-likeness (QED) is 0.866. The Balaban J connectivity index is 3.44. The first-order chi connectivity index (χ1) is 8.15. The van der Waals surface area contributed by atoms with Gasteiger partial charge in [0.25, 0.3) is 5.56 Å². The molecule has 1 aromatic rings. The van der Waals surface area contributed by atoms with Crippen LogP contribution in [0.5, 0.6) is 5.88 Å². The topological polar surface area (TPSA) is 66.0 Å². The van der Waals surface area contributed by atoms with Crippen LogP contribution < -0.4 is 5.56 Å². The molecule has 0 spiro atoms. The van der Waals surface area contributed by atoms with Crippen LogP contribution in [0, 0.1) is 0 Å². The number of rotatable bonds is 4. The van der Waals surface area contributed by atoms with E-state index in [1.807, 2.05) is 41.5 Å². The van der Waals surface area contributed by atoms with Crippen molar-refractivity contribution in [3.63, 3.8) is 0 Å². The highest BCUT2D eigenvalue weighted by Gasteiger charge is 2.29. The molecule has 0 fully saturated rings. The van der Waals surface area contributed by atoms with Crippen LogP contribution in [0.25, 0.3) is 0 Å². The van der Waals surface area contributed by atoms with Crippen LogP contribution in [0.1, 0.15) is 65.8 Å². The Morgan fingerprint density at radius 1 is 1.11 bits per heavy atom. The number of nitrogens with one attached hydrogen (secondary N) is 1. The number of hydrogen-bond acceptors (Lipinski definition) is 3. The van der Waals surface area contributed by atoms with E-state index in [0.717, 1.165) is 12.8 Å². The van der Waals surface area contributed by atoms with Crippen molar-refractivity contribution in [2.75, 3.05) is 0 Å². The lowest BCUT2D eigenvalue weighted by Crippen LogP contribution is -2.31. The van der Waals surface area contributed by atoms with Gasteiger partial charge in [0.15, 0.2) is 0 Å². The molecule has 1 heterocycles. The second-order valence-corrected chi connectivity index (χ2v) is 6.09. The monoisotopic (exact) mass is 252 g/mol. The Hall–Kier alpha value is -1.32. The van der Waals surface area contributed by atoms with E-state index in [1.165, 1.54) is 0 Å². The second-order valence-electron chi connectivity index (χ2n) is 6.09. The van der Waals surface area contributed by atoms with Gasteiger partial charge in [-0.1, -0.05) is 41.5 Å². The van der Waals surface area contributed by atoms with Crippen molar-refractivity contribution < 1.29 is 5.11 Å². The highest BCUT2D eigenvalue weighted by Crippen LogP contribution is 2.31. The fraction of sp³-hybridized carbons (Fsp3) is 0.714. The third kappa shape index (κ3) is 2.57. The molecular formula is C14H24N2O2. The average Bonchev–Trinajstić information content (AvgIpc) is 2.27. The summed E-state index contributed by atoms with van der Waals surface area (Å²) in [7, 11) is 0. The number of aromatic hydroxyl groups is 1. The molecule has 0 amide bonds. The molecule has 1 aromatic heterocycles. The van der Waals surface area contributed by atoms with Gasteiger partial charge in [-0.2, -0.15) is 4.98 Å². The highest BCUT2D eigenvalue weighted by atomic mass is 16.3. The molecule has 4 heteroatoms. The molecular weight excluding hydrogens is 228 g/mol. The zero-order valence-corrected chi connectivity index (χ0v) is 12.2. The van der Waals surface area contributed by atoms with E-state index >= 15 is 0 Å². The number of hydrogen-bond donors (Lipinski definition) is 2. The van der Waals surface area contributed by atoms with E-state index in [-0.39, 0.29) is 22.3 Å². The first-order valence-electron chi connectivity index (χ1n) is 6.50. The van der Waals surface area contributed by atoms with Crippen molar-refractivity contribution in [1.82, 2.24) is 9.97 Å². The second kappa shape index (κ2) is 4.75. The maximum absolute atomic E-state index is 12.2. The number of aromatic nitrogens is 2. The highest BCUT2D eigenvalue weighted by molar-refractivity contribution is 5.31. The number of aromatic amines is 1. The lowest BCUT2D eigenvalue weighted by Gasteiger charge is -2.26. The molecule has 4 nitrogen and oxygen atoms in total. The van der Waals surface area contributed by atoms with Gasteiger partial charge in [-0.3, -0.25) is 4.79 Å². The van der Waals surface area contributed by atoms with Gasteiger partial charge in [0.2, 0.25) is 5.88 Å². The Morgan fingerprint density at radius 2 is 1.61 bits per heavy atom. The minimum Gasteiger partial charge on any atom is -0.493 e. The van der Waals surface area contributed by atoms with Gasteiger partial charge in [-0.15, -0.1) is 0 Å². The normalized spacial score (nSPS) is 12.8. The lowest BCUT2D eigenvalue weighted by molar-refractivity contribution is 0.387. The molecule has 0 bridgehead atoms. The summed E-state index contributed by atoms with van der Waals surface area (Å²) in [6.45, 7) is 11.9. The first-order valence-corrected chi connectivity index (χ1v) is 6.50. The van der Waals surface area contributed by atoms with Crippen LogP contribution in [0.2, 0.25) is 0 Å². The summed E-state index contributed by atoms with van der Waals surface area (Å²) in [6.07, 6.45) is 1.60. The molecule has 0 aliphatic rings. The number of H-pyrrole nitrogens is 1. The summed E-state index contributed by atoms with van der Waals surface area (Å²) in [5.74, 6) is 0.408. The lowest BCUT2D eigenvalue weighted by atomic mass is 9.83.